The summed E-state index contributed by atoms with van der Waals surface area (Å²) in [5.74, 6) is 0.357. The highest BCUT2D eigenvalue weighted by Crippen LogP contribution is 2.42. The Labute approximate surface area is 189 Å². The smallest absolute Gasteiger partial charge is 0.295 e. The highest BCUT2D eigenvalue weighted by atomic mass is 35.5. The van der Waals surface area contributed by atoms with E-state index in [0.29, 0.717) is 39.6 Å². The van der Waals surface area contributed by atoms with Crippen LogP contribution in [0.25, 0.3) is 11.0 Å². The van der Waals surface area contributed by atoms with E-state index in [1.54, 1.807) is 53.4 Å². The molecule has 0 N–H and O–H groups in total. The number of nitrogens with zero attached hydrogens (tertiary/aromatic N) is 1. The molecule has 160 valence electrons. The summed E-state index contributed by atoms with van der Waals surface area (Å²) in [6, 6.07) is 20.8. The molecule has 0 bridgehead atoms. The van der Waals surface area contributed by atoms with Gasteiger partial charge in [-0.2, -0.15) is 0 Å². The highest BCUT2D eigenvalue weighted by molar-refractivity contribution is 6.31. The van der Waals surface area contributed by atoms with Crippen LogP contribution in [0.1, 0.15) is 41.1 Å². The first kappa shape index (κ1) is 20.3. The largest absolute Gasteiger partial charge is 0.494 e. The first-order valence-electron chi connectivity index (χ1n) is 10.5. The van der Waals surface area contributed by atoms with Gasteiger partial charge in [0.2, 0.25) is 5.76 Å². The van der Waals surface area contributed by atoms with Crippen molar-refractivity contribution in [3.63, 3.8) is 0 Å². The van der Waals surface area contributed by atoms with Gasteiger partial charge in [0.1, 0.15) is 11.3 Å². The topological polar surface area (TPSA) is 59.8 Å². The molecule has 5 nitrogen and oxygen atoms in total. The number of rotatable bonds is 5. The van der Waals surface area contributed by atoms with Crippen LogP contribution in [0.2, 0.25) is 5.02 Å². The van der Waals surface area contributed by atoms with Gasteiger partial charge in [-0.3, -0.25) is 14.5 Å². The van der Waals surface area contributed by atoms with Gasteiger partial charge in [0.25, 0.3) is 5.91 Å². The van der Waals surface area contributed by atoms with Crippen molar-refractivity contribution in [2.45, 2.75) is 19.4 Å². The van der Waals surface area contributed by atoms with Gasteiger partial charge in [0, 0.05) is 10.7 Å². The second-order valence-corrected chi connectivity index (χ2v) is 8.09. The zero-order chi connectivity index (χ0) is 22.2. The summed E-state index contributed by atoms with van der Waals surface area (Å²) >= 11 is 6.23. The minimum absolute atomic E-state index is 0.0542. The predicted octanol–water partition coefficient (Wildman–Crippen LogP) is 5.99. The average Bonchev–Trinajstić information content (AvgIpc) is 3.10. The highest BCUT2D eigenvalue weighted by Gasteiger charge is 2.43. The molecular formula is C26H20ClNO4. The normalized spacial score (nSPS) is 15.2. The molecule has 0 saturated heterocycles. The Morgan fingerprint density at radius 3 is 2.62 bits per heavy atom. The van der Waals surface area contributed by atoms with E-state index in [4.69, 9.17) is 20.8 Å². The molecule has 1 aliphatic rings. The number of carbonyl (C=O) groups is 1. The third kappa shape index (κ3) is 3.35. The fourth-order valence-electron chi connectivity index (χ4n) is 4.12. The monoisotopic (exact) mass is 445 g/mol. The molecule has 1 aromatic heterocycles. The number of hydrogen-bond acceptors (Lipinski definition) is 4. The lowest BCUT2D eigenvalue weighted by Gasteiger charge is -2.25. The molecule has 1 aliphatic heterocycles. The lowest BCUT2D eigenvalue weighted by molar-refractivity contribution is 0.0971. The maximum Gasteiger partial charge on any atom is 0.295 e. The van der Waals surface area contributed by atoms with E-state index in [1.165, 1.54) is 0 Å². The van der Waals surface area contributed by atoms with Crippen molar-refractivity contribution < 1.29 is 13.9 Å². The molecule has 4 aromatic rings. The third-order valence-corrected chi connectivity index (χ3v) is 5.75. The Morgan fingerprint density at radius 2 is 1.81 bits per heavy atom. The molecule has 1 amide bonds. The minimum Gasteiger partial charge on any atom is -0.494 e. The van der Waals surface area contributed by atoms with Crippen molar-refractivity contribution in [1.82, 2.24) is 0 Å². The Hall–Kier alpha value is -3.57. The van der Waals surface area contributed by atoms with E-state index in [-0.39, 0.29) is 17.1 Å². The van der Waals surface area contributed by atoms with E-state index in [9.17, 15) is 9.59 Å². The molecule has 0 spiro atoms. The van der Waals surface area contributed by atoms with Crippen molar-refractivity contribution in [2.24, 2.45) is 0 Å². The van der Waals surface area contributed by atoms with Gasteiger partial charge in [-0.05, 0) is 54.4 Å². The zero-order valence-corrected chi connectivity index (χ0v) is 18.1. The van der Waals surface area contributed by atoms with Crippen LogP contribution in [0.15, 0.2) is 82.0 Å². The molecule has 0 radical (unpaired) electrons. The second kappa shape index (κ2) is 8.17. The molecule has 5 rings (SSSR count). The minimum atomic E-state index is -0.665. The number of benzene rings is 3. The average molecular weight is 446 g/mol. The van der Waals surface area contributed by atoms with Gasteiger partial charge in [-0.25, -0.2) is 0 Å². The summed E-state index contributed by atoms with van der Waals surface area (Å²) in [4.78, 5) is 28.7. The molecule has 2 heterocycles. The molecule has 3 aromatic carbocycles. The van der Waals surface area contributed by atoms with Gasteiger partial charge in [-0.15, -0.1) is 0 Å². The Balaban J connectivity index is 1.76. The molecule has 32 heavy (non-hydrogen) atoms. The Morgan fingerprint density at radius 1 is 1.00 bits per heavy atom. The second-order valence-electron chi connectivity index (χ2n) is 7.65. The number of amides is 1. The molecule has 0 saturated carbocycles. The van der Waals surface area contributed by atoms with Crippen molar-refractivity contribution in [1.29, 1.82) is 0 Å². The molecular weight excluding hydrogens is 426 g/mol. The number of ether oxygens (including phenoxy) is 1. The number of halogens is 1. The molecule has 0 aliphatic carbocycles. The number of hydrogen-bond donors (Lipinski definition) is 0. The van der Waals surface area contributed by atoms with Crippen molar-refractivity contribution >= 4 is 34.2 Å². The maximum absolute atomic E-state index is 13.6. The van der Waals surface area contributed by atoms with Gasteiger partial charge in [0.05, 0.1) is 23.6 Å². The first-order chi connectivity index (χ1) is 15.6. The summed E-state index contributed by atoms with van der Waals surface area (Å²) in [5, 5.41) is 0.935. The van der Waals surface area contributed by atoms with E-state index < -0.39 is 6.04 Å². The molecule has 1 atom stereocenters. The molecule has 6 heteroatoms. The van der Waals surface area contributed by atoms with Crippen molar-refractivity contribution in [3.05, 3.63) is 105 Å². The van der Waals surface area contributed by atoms with Crippen LogP contribution in [-0.4, -0.2) is 12.5 Å². The Kier molecular flexibility index (Phi) is 5.19. The molecule has 0 fully saturated rings. The quantitative estimate of drug-likeness (QED) is 0.379. The van der Waals surface area contributed by atoms with Crippen LogP contribution in [0, 0.1) is 0 Å². The number of carbonyl (C=O) groups excluding carboxylic acids is 1. The fraction of sp³-hybridized carbons (Fsp3) is 0.154. The SMILES string of the molecule is CCCOc1cccc(C2c3c(oc4ccccc4c3=O)C(=O)N2c2cccc(Cl)c2)c1. The zero-order valence-electron chi connectivity index (χ0n) is 17.4. The van der Waals surface area contributed by atoms with Crippen LogP contribution in [-0.2, 0) is 0 Å². The summed E-state index contributed by atoms with van der Waals surface area (Å²) in [5.41, 5.74) is 1.83. The lowest BCUT2D eigenvalue weighted by atomic mass is 9.98. The van der Waals surface area contributed by atoms with Gasteiger partial charge in [0.15, 0.2) is 5.43 Å². The lowest BCUT2D eigenvalue weighted by Crippen LogP contribution is -2.29. The van der Waals surface area contributed by atoms with E-state index in [0.717, 1.165) is 12.0 Å². The van der Waals surface area contributed by atoms with Crippen LogP contribution in [0.4, 0.5) is 5.69 Å². The standard InChI is InChI=1S/C26H20ClNO4/c1-2-13-31-19-10-5-7-16(14-19)23-22-24(29)20-11-3-4-12-21(20)32-25(22)26(30)28(23)18-9-6-8-17(27)15-18/h3-12,14-15,23H,2,13H2,1H3. The maximum atomic E-state index is 13.6. The van der Waals surface area contributed by atoms with Crippen LogP contribution >= 0.6 is 11.6 Å². The van der Waals surface area contributed by atoms with E-state index in [2.05, 4.69) is 0 Å². The Bertz CT molecular complexity index is 1390. The van der Waals surface area contributed by atoms with E-state index in [1.807, 2.05) is 31.2 Å². The third-order valence-electron chi connectivity index (χ3n) is 5.51. The summed E-state index contributed by atoms with van der Waals surface area (Å²) in [6.07, 6.45) is 0.874. The molecule has 1 unspecified atom stereocenters. The van der Waals surface area contributed by atoms with Gasteiger partial charge < -0.3 is 9.15 Å². The van der Waals surface area contributed by atoms with Crippen LogP contribution < -0.4 is 15.1 Å². The summed E-state index contributed by atoms with van der Waals surface area (Å²) in [6.45, 7) is 2.61. The van der Waals surface area contributed by atoms with Crippen molar-refractivity contribution in [3.8, 4) is 5.75 Å². The van der Waals surface area contributed by atoms with Crippen molar-refractivity contribution in [2.75, 3.05) is 11.5 Å². The number of para-hydroxylation sites is 1. The van der Waals surface area contributed by atoms with Crippen LogP contribution in [0.5, 0.6) is 5.75 Å². The fourth-order valence-corrected chi connectivity index (χ4v) is 4.31. The number of anilines is 1. The predicted molar refractivity (Wildman–Crippen MR) is 125 cm³/mol. The summed E-state index contributed by atoms with van der Waals surface area (Å²) in [7, 11) is 0. The van der Waals surface area contributed by atoms with Gasteiger partial charge >= 0.3 is 0 Å². The number of fused-ring (bicyclic) bond motifs is 2. The van der Waals surface area contributed by atoms with E-state index >= 15 is 0 Å². The first-order valence-corrected chi connectivity index (χ1v) is 10.8. The van der Waals surface area contributed by atoms with Crippen LogP contribution in [0.3, 0.4) is 0 Å². The summed E-state index contributed by atoms with van der Waals surface area (Å²) < 4.78 is 11.8. The van der Waals surface area contributed by atoms with Gasteiger partial charge in [-0.1, -0.05) is 48.9 Å².